The van der Waals surface area contributed by atoms with E-state index in [1.54, 1.807) is 0 Å². The molecular weight excluding hydrogens is 212 g/mol. The first-order valence-corrected chi connectivity index (χ1v) is 6.58. The minimum absolute atomic E-state index is 0.306. The van der Waals surface area contributed by atoms with Gasteiger partial charge in [0.05, 0.1) is 0 Å². The van der Waals surface area contributed by atoms with Gasteiger partial charge >= 0.3 is 0 Å². The quantitative estimate of drug-likeness (QED) is 0.840. The van der Waals surface area contributed by atoms with Gasteiger partial charge < -0.3 is 10.4 Å². The normalized spacial score (nSPS) is 26.7. The SMILES string of the molecule is CC(NC1CCCCC1CO)c1ccncc1. The maximum Gasteiger partial charge on any atom is 0.0474 e. The molecule has 1 aliphatic rings. The number of aromatic nitrogens is 1. The summed E-state index contributed by atoms with van der Waals surface area (Å²) in [5.74, 6) is 0.424. The van der Waals surface area contributed by atoms with Crippen molar-refractivity contribution >= 4 is 0 Å². The molecule has 3 nitrogen and oxygen atoms in total. The first kappa shape index (κ1) is 12.5. The first-order chi connectivity index (χ1) is 8.31. The van der Waals surface area contributed by atoms with Crippen molar-refractivity contribution in [2.24, 2.45) is 5.92 Å². The van der Waals surface area contributed by atoms with Gasteiger partial charge in [-0.2, -0.15) is 0 Å². The van der Waals surface area contributed by atoms with Crippen LogP contribution in [0, 0.1) is 5.92 Å². The lowest BCUT2D eigenvalue weighted by Gasteiger charge is -2.33. The lowest BCUT2D eigenvalue weighted by molar-refractivity contribution is 0.147. The summed E-state index contributed by atoms with van der Waals surface area (Å²) in [6.45, 7) is 2.49. The molecule has 0 amide bonds. The highest BCUT2D eigenvalue weighted by atomic mass is 16.3. The Hall–Kier alpha value is -0.930. The third kappa shape index (κ3) is 3.27. The average Bonchev–Trinajstić information content (AvgIpc) is 2.40. The molecule has 17 heavy (non-hydrogen) atoms. The molecule has 3 atom stereocenters. The molecule has 0 aliphatic heterocycles. The highest BCUT2D eigenvalue weighted by Crippen LogP contribution is 2.26. The maximum atomic E-state index is 9.39. The van der Waals surface area contributed by atoms with Crippen LogP contribution in [0.5, 0.6) is 0 Å². The van der Waals surface area contributed by atoms with Crippen molar-refractivity contribution in [1.29, 1.82) is 0 Å². The summed E-state index contributed by atoms with van der Waals surface area (Å²) in [5.41, 5.74) is 1.27. The molecule has 94 valence electrons. The predicted octanol–water partition coefficient (Wildman–Crippen LogP) is 2.28. The van der Waals surface area contributed by atoms with Crippen LogP contribution in [0.15, 0.2) is 24.5 Å². The van der Waals surface area contributed by atoms with E-state index in [9.17, 15) is 5.11 Å². The van der Waals surface area contributed by atoms with E-state index < -0.39 is 0 Å². The molecule has 1 heterocycles. The van der Waals surface area contributed by atoms with Gasteiger partial charge in [0.25, 0.3) is 0 Å². The maximum absolute atomic E-state index is 9.39. The predicted molar refractivity (Wildman–Crippen MR) is 68.6 cm³/mol. The number of nitrogens with one attached hydrogen (secondary N) is 1. The second kappa shape index (κ2) is 6.12. The third-order valence-electron chi connectivity index (χ3n) is 3.81. The molecule has 0 spiro atoms. The second-order valence-electron chi connectivity index (χ2n) is 5.00. The molecule has 0 aromatic carbocycles. The summed E-state index contributed by atoms with van der Waals surface area (Å²) < 4.78 is 0. The van der Waals surface area contributed by atoms with Gasteiger partial charge in [0.15, 0.2) is 0 Å². The fraction of sp³-hybridized carbons (Fsp3) is 0.643. The van der Waals surface area contributed by atoms with E-state index in [1.165, 1.54) is 24.8 Å². The van der Waals surface area contributed by atoms with Crippen LogP contribution >= 0.6 is 0 Å². The minimum atomic E-state index is 0.306. The van der Waals surface area contributed by atoms with Crippen LogP contribution in [0.2, 0.25) is 0 Å². The van der Waals surface area contributed by atoms with Crippen molar-refractivity contribution in [3.63, 3.8) is 0 Å². The monoisotopic (exact) mass is 234 g/mol. The molecule has 3 unspecified atom stereocenters. The average molecular weight is 234 g/mol. The molecular formula is C14H22N2O. The van der Waals surface area contributed by atoms with Crippen molar-refractivity contribution in [2.75, 3.05) is 6.61 Å². The zero-order chi connectivity index (χ0) is 12.1. The number of aliphatic hydroxyl groups is 1. The molecule has 2 rings (SSSR count). The minimum Gasteiger partial charge on any atom is -0.396 e. The van der Waals surface area contributed by atoms with Crippen LogP contribution in [0.25, 0.3) is 0 Å². The number of nitrogens with zero attached hydrogens (tertiary/aromatic N) is 1. The molecule has 1 aromatic rings. The van der Waals surface area contributed by atoms with Gasteiger partial charge in [-0.05, 0) is 43.4 Å². The second-order valence-corrected chi connectivity index (χ2v) is 5.00. The van der Waals surface area contributed by atoms with Crippen molar-refractivity contribution in [3.8, 4) is 0 Å². The fourth-order valence-corrected chi connectivity index (χ4v) is 2.72. The van der Waals surface area contributed by atoms with Gasteiger partial charge in [0.1, 0.15) is 0 Å². The van der Waals surface area contributed by atoms with E-state index in [0.29, 0.717) is 24.6 Å². The number of hydrogen-bond donors (Lipinski definition) is 2. The zero-order valence-electron chi connectivity index (χ0n) is 10.5. The van der Waals surface area contributed by atoms with Crippen LogP contribution in [-0.4, -0.2) is 22.7 Å². The van der Waals surface area contributed by atoms with Gasteiger partial charge in [-0.25, -0.2) is 0 Å². The van der Waals surface area contributed by atoms with Gasteiger partial charge in [0.2, 0.25) is 0 Å². The van der Waals surface area contributed by atoms with E-state index in [1.807, 2.05) is 12.4 Å². The summed E-state index contributed by atoms with van der Waals surface area (Å²) >= 11 is 0. The van der Waals surface area contributed by atoms with Crippen molar-refractivity contribution < 1.29 is 5.11 Å². The summed E-state index contributed by atoms with van der Waals surface area (Å²) in [6, 6.07) is 4.88. The Morgan fingerprint density at radius 1 is 1.35 bits per heavy atom. The van der Waals surface area contributed by atoms with E-state index in [2.05, 4.69) is 29.4 Å². The van der Waals surface area contributed by atoms with Gasteiger partial charge in [0, 0.05) is 31.1 Å². The molecule has 1 aromatic heterocycles. The molecule has 2 N–H and O–H groups in total. The lowest BCUT2D eigenvalue weighted by atomic mass is 9.84. The standard InChI is InChI=1S/C14H22N2O/c1-11(12-6-8-15-9-7-12)16-14-5-3-2-4-13(14)10-17/h6-9,11,13-14,16-17H,2-5,10H2,1H3. The summed E-state index contributed by atoms with van der Waals surface area (Å²) in [6.07, 6.45) is 8.53. The molecule has 1 saturated carbocycles. The zero-order valence-corrected chi connectivity index (χ0v) is 10.5. The number of hydrogen-bond acceptors (Lipinski definition) is 3. The summed E-state index contributed by atoms with van der Waals surface area (Å²) in [4.78, 5) is 4.04. The van der Waals surface area contributed by atoms with Crippen molar-refractivity contribution in [1.82, 2.24) is 10.3 Å². The Kier molecular flexibility index (Phi) is 4.51. The Morgan fingerprint density at radius 2 is 2.06 bits per heavy atom. The summed E-state index contributed by atoms with van der Waals surface area (Å²) in [5, 5.41) is 13.0. The van der Waals surface area contributed by atoms with Crippen LogP contribution in [-0.2, 0) is 0 Å². The van der Waals surface area contributed by atoms with E-state index >= 15 is 0 Å². The Morgan fingerprint density at radius 3 is 2.76 bits per heavy atom. The van der Waals surface area contributed by atoms with E-state index in [4.69, 9.17) is 0 Å². The number of aliphatic hydroxyl groups excluding tert-OH is 1. The van der Waals surface area contributed by atoms with Crippen molar-refractivity contribution in [2.45, 2.75) is 44.7 Å². The van der Waals surface area contributed by atoms with Crippen molar-refractivity contribution in [3.05, 3.63) is 30.1 Å². The molecule has 0 radical (unpaired) electrons. The van der Waals surface area contributed by atoms with Crippen LogP contribution < -0.4 is 5.32 Å². The van der Waals surface area contributed by atoms with Gasteiger partial charge in [-0.1, -0.05) is 12.8 Å². The fourth-order valence-electron chi connectivity index (χ4n) is 2.72. The molecule has 1 fully saturated rings. The molecule has 3 heteroatoms. The highest BCUT2D eigenvalue weighted by Gasteiger charge is 2.25. The third-order valence-corrected chi connectivity index (χ3v) is 3.81. The smallest absolute Gasteiger partial charge is 0.0474 e. The summed E-state index contributed by atoms with van der Waals surface area (Å²) in [7, 11) is 0. The number of rotatable bonds is 4. The van der Waals surface area contributed by atoms with E-state index in [-0.39, 0.29) is 0 Å². The van der Waals surface area contributed by atoms with E-state index in [0.717, 1.165) is 6.42 Å². The molecule has 1 aliphatic carbocycles. The first-order valence-electron chi connectivity index (χ1n) is 6.58. The van der Waals surface area contributed by atoms with Crippen LogP contribution in [0.4, 0.5) is 0 Å². The Labute approximate surface area is 103 Å². The Balaban J connectivity index is 1.95. The van der Waals surface area contributed by atoms with Gasteiger partial charge in [-0.15, -0.1) is 0 Å². The molecule has 0 saturated heterocycles. The topological polar surface area (TPSA) is 45.1 Å². The Bertz CT molecular complexity index is 328. The number of pyridine rings is 1. The largest absolute Gasteiger partial charge is 0.396 e. The lowest BCUT2D eigenvalue weighted by Crippen LogP contribution is -2.41. The van der Waals surface area contributed by atoms with Crippen LogP contribution in [0.1, 0.15) is 44.2 Å². The molecule has 0 bridgehead atoms. The highest BCUT2D eigenvalue weighted by molar-refractivity contribution is 5.14. The van der Waals surface area contributed by atoms with Gasteiger partial charge in [-0.3, -0.25) is 4.98 Å². The van der Waals surface area contributed by atoms with Crippen LogP contribution in [0.3, 0.4) is 0 Å².